The van der Waals surface area contributed by atoms with Crippen molar-refractivity contribution in [3.05, 3.63) is 65.3 Å². The number of aryl methyl sites for hydroxylation is 1. The minimum atomic E-state index is -0.463. The molecule has 1 saturated heterocycles. The third kappa shape index (κ3) is 3.29. The number of piperidine rings is 1. The van der Waals surface area contributed by atoms with E-state index in [1.165, 1.54) is 0 Å². The summed E-state index contributed by atoms with van der Waals surface area (Å²) in [5.41, 5.74) is 3.02. The Labute approximate surface area is 175 Å². The second-order valence-corrected chi connectivity index (χ2v) is 7.85. The first kappa shape index (κ1) is 18.9. The molecule has 0 bridgehead atoms. The van der Waals surface area contributed by atoms with Crippen molar-refractivity contribution in [2.24, 2.45) is 0 Å². The van der Waals surface area contributed by atoms with Gasteiger partial charge in [0.1, 0.15) is 11.4 Å². The van der Waals surface area contributed by atoms with E-state index in [4.69, 9.17) is 14.2 Å². The van der Waals surface area contributed by atoms with Crippen molar-refractivity contribution in [3.63, 3.8) is 0 Å². The van der Waals surface area contributed by atoms with Gasteiger partial charge in [-0.2, -0.15) is 0 Å². The summed E-state index contributed by atoms with van der Waals surface area (Å²) in [7, 11) is 0. The van der Waals surface area contributed by atoms with Gasteiger partial charge in [-0.25, -0.2) is 9.97 Å². The Bertz CT molecular complexity index is 1060. The maximum Gasteiger partial charge on any atom is 0.276 e. The zero-order chi connectivity index (χ0) is 20.6. The van der Waals surface area contributed by atoms with Gasteiger partial charge < -0.3 is 14.2 Å². The molecule has 0 N–H and O–H groups in total. The van der Waals surface area contributed by atoms with Crippen LogP contribution in [0.1, 0.15) is 47.3 Å². The van der Waals surface area contributed by atoms with Crippen LogP contribution in [0.3, 0.4) is 0 Å². The highest BCUT2D eigenvalue weighted by atomic mass is 16.5. The summed E-state index contributed by atoms with van der Waals surface area (Å²) in [4.78, 5) is 24.2. The number of amides is 1. The molecule has 1 amide bonds. The molecule has 0 aliphatic carbocycles. The molecule has 1 fully saturated rings. The minimum absolute atomic E-state index is 0.0861. The molecule has 1 spiro atoms. The van der Waals surface area contributed by atoms with E-state index >= 15 is 0 Å². The van der Waals surface area contributed by atoms with Crippen LogP contribution >= 0.6 is 0 Å². The average molecular weight is 404 g/mol. The maximum atomic E-state index is 12.8. The van der Waals surface area contributed by atoms with Crippen LogP contribution in [0.2, 0.25) is 0 Å². The van der Waals surface area contributed by atoms with E-state index in [1.54, 1.807) is 6.07 Å². The molecule has 0 radical (unpaired) electrons. The smallest absolute Gasteiger partial charge is 0.276 e. The summed E-state index contributed by atoms with van der Waals surface area (Å²) in [5.74, 6) is 1.35. The first-order chi connectivity index (χ1) is 14.7. The summed E-state index contributed by atoms with van der Waals surface area (Å²) < 4.78 is 11.5. The van der Waals surface area contributed by atoms with Gasteiger partial charge in [0.05, 0.1) is 12.3 Å². The Morgan fingerprint density at radius 1 is 1.20 bits per heavy atom. The molecule has 2 aliphatic heterocycles. The van der Waals surface area contributed by atoms with Gasteiger partial charge in [-0.3, -0.25) is 4.79 Å². The molecule has 4 heterocycles. The number of fused-ring (bicyclic) bond motifs is 2. The van der Waals surface area contributed by atoms with Crippen LogP contribution in [0, 0.1) is 0 Å². The van der Waals surface area contributed by atoms with E-state index in [-0.39, 0.29) is 5.91 Å². The number of carbonyl (C=O) groups is 1. The topological polar surface area (TPSA) is 81.4 Å². The first-order valence-corrected chi connectivity index (χ1v) is 10.5. The number of aromatic nitrogens is 3. The lowest BCUT2D eigenvalue weighted by atomic mass is 9.83. The van der Waals surface area contributed by atoms with Gasteiger partial charge in [0.2, 0.25) is 0 Å². The van der Waals surface area contributed by atoms with E-state index in [1.807, 2.05) is 48.4 Å². The van der Waals surface area contributed by atoms with Crippen molar-refractivity contribution in [1.29, 1.82) is 0 Å². The highest BCUT2D eigenvalue weighted by Gasteiger charge is 2.43. The van der Waals surface area contributed by atoms with Crippen LogP contribution in [-0.2, 0) is 23.2 Å². The van der Waals surface area contributed by atoms with Crippen LogP contribution < -0.4 is 0 Å². The van der Waals surface area contributed by atoms with Crippen molar-refractivity contribution in [2.75, 3.05) is 19.7 Å². The molecule has 0 unspecified atom stereocenters. The van der Waals surface area contributed by atoms with E-state index < -0.39 is 5.60 Å². The fraction of sp³-hybridized carbons (Fsp3) is 0.391. The largest absolute Gasteiger partial charge is 0.368 e. The monoisotopic (exact) mass is 404 g/mol. The molecular weight excluding hydrogens is 380 g/mol. The Hall–Kier alpha value is -3.06. The quantitative estimate of drug-likeness (QED) is 0.666. The van der Waals surface area contributed by atoms with Gasteiger partial charge in [0.15, 0.2) is 11.5 Å². The number of ether oxygens (including phenoxy) is 1. The normalized spacial score (nSPS) is 17.7. The summed E-state index contributed by atoms with van der Waals surface area (Å²) in [6.07, 6.45) is 4.88. The van der Waals surface area contributed by atoms with Crippen LogP contribution in [0.4, 0.5) is 0 Å². The van der Waals surface area contributed by atoms with E-state index in [9.17, 15) is 4.79 Å². The number of nitrogens with zero attached hydrogens (tertiary/aromatic N) is 4. The van der Waals surface area contributed by atoms with Crippen molar-refractivity contribution in [2.45, 2.75) is 38.2 Å². The fourth-order valence-electron chi connectivity index (χ4n) is 4.33. The van der Waals surface area contributed by atoms with Crippen molar-refractivity contribution < 1.29 is 14.1 Å². The van der Waals surface area contributed by atoms with E-state index in [0.29, 0.717) is 44.1 Å². The molecule has 1 aromatic carbocycles. The van der Waals surface area contributed by atoms with Crippen molar-refractivity contribution >= 4 is 5.91 Å². The van der Waals surface area contributed by atoms with E-state index in [0.717, 1.165) is 35.4 Å². The Morgan fingerprint density at radius 2 is 2.00 bits per heavy atom. The molecule has 7 nitrogen and oxygen atoms in total. The summed E-state index contributed by atoms with van der Waals surface area (Å²) in [6.45, 7) is 3.81. The minimum Gasteiger partial charge on any atom is -0.368 e. The zero-order valence-corrected chi connectivity index (χ0v) is 17.0. The molecule has 2 aromatic heterocycles. The van der Waals surface area contributed by atoms with Crippen molar-refractivity contribution in [3.8, 4) is 11.4 Å². The Morgan fingerprint density at radius 3 is 2.73 bits per heavy atom. The highest BCUT2D eigenvalue weighted by molar-refractivity contribution is 5.92. The Kier molecular flexibility index (Phi) is 4.83. The summed E-state index contributed by atoms with van der Waals surface area (Å²) in [5, 5.41) is 3.93. The van der Waals surface area contributed by atoms with Gasteiger partial charge in [0.25, 0.3) is 5.91 Å². The van der Waals surface area contributed by atoms with Gasteiger partial charge in [-0.15, -0.1) is 0 Å². The molecule has 30 heavy (non-hydrogen) atoms. The molecule has 2 aliphatic rings. The zero-order valence-electron chi connectivity index (χ0n) is 17.0. The molecule has 5 rings (SSSR count). The molecular formula is C23H24N4O3. The van der Waals surface area contributed by atoms with Crippen LogP contribution in [-0.4, -0.2) is 45.6 Å². The molecule has 0 saturated carbocycles. The average Bonchev–Trinajstić information content (AvgIpc) is 3.29. The van der Waals surface area contributed by atoms with Crippen LogP contribution in [0.5, 0.6) is 0 Å². The molecule has 3 aromatic rings. The van der Waals surface area contributed by atoms with Gasteiger partial charge in [0, 0.05) is 37.3 Å². The predicted octanol–water partition coefficient (Wildman–Crippen LogP) is 3.40. The highest BCUT2D eigenvalue weighted by Crippen LogP contribution is 2.41. The van der Waals surface area contributed by atoms with Gasteiger partial charge in [-0.05, 0) is 24.8 Å². The predicted molar refractivity (Wildman–Crippen MR) is 110 cm³/mol. The fourth-order valence-corrected chi connectivity index (χ4v) is 4.33. The van der Waals surface area contributed by atoms with Crippen LogP contribution in [0.25, 0.3) is 11.4 Å². The Balaban J connectivity index is 1.39. The second-order valence-electron chi connectivity index (χ2n) is 7.85. The van der Waals surface area contributed by atoms with Gasteiger partial charge in [-0.1, -0.05) is 42.4 Å². The second kappa shape index (κ2) is 7.65. The van der Waals surface area contributed by atoms with Crippen molar-refractivity contribution in [1.82, 2.24) is 20.0 Å². The van der Waals surface area contributed by atoms with E-state index in [2.05, 4.69) is 10.1 Å². The number of hydrogen-bond donors (Lipinski definition) is 0. The number of benzene rings is 1. The number of likely N-dealkylation sites (tertiary alicyclic amines) is 1. The number of rotatable bonds is 3. The SMILES string of the molecule is CCc1cc(C(=O)N2CCC3(CC2)OCCc2cnc(-c4ccccc4)nc23)no1. The van der Waals surface area contributed by atoms with Crippen LogP contribution in [0.15, 0.2) is 47.1 Å². The lowest BCUT2D eigenvalue weighted by Crippen LogP contribution is -2.49. The maximum absolute atomic E-state index is 12.8. The molecule has 7 heteroatoms. The lowest BCUT2D eigenvalue weighted by Gasteiger charge is -2.43. The third-order valence-electron chi connectivity index (χ3n) is 6.06. The standard InChI is InChI=1S/C23H24N4O3/c1-2-18-14-19(26-30-18)22(28)27-11-9-23(10-12-27)20-17(8-13-29-23)15-24-21(25-20)16-6-4-3-5-7-16/h3-7,14-15H,2,8-13H2,1H3. The third-order valence-corrected chi connectivity index (χ3v) is 6.06. The molecule has 0 atom stereocenters. The molecule has 154 valence electrons. The number of hydrogen-bond acceptors (Lipinski definition) is 6. The number of carbonyl (C=O) groups excluding carboxylic acids is 1. The lowest BCUT2D eigenvalue weighted by molar-refractivity contribution is -0.0967. The van der Waals surface area contributed by atoms with Gasteiger partial charge >= 0.3 is 0 Å². The first-order valence-electron chi connectivity index (χ1n) is 10.5. The summed E-state index contributed by atoms with van der Waals surface area (Å²) >= 11 is 0. The summed E-state index contributed by atoms with van der Waals surface area (Å²) in [6, 6.07) is 11.7.